The largest absolute Gasteiger partial charge is 0.506 e. The third kappa shape index (κ3) is 3.30. The lowest BCUT2D eigenvalue weighted by Crippen LogP contribution is -2.48. The average Bonchev–Trinajstić information content (AvgIpc) is 2.35. The van der Waals surface area contributed by atoms with Gasteiger partial charge >= 0.3 is 0 Å². The highest BCUT2D eigenvalue weighted by atomic mass is 79.9. The molecule has 0 aromatic heterocycles. The van der Waals surface area contributed by atoms with Crippen LogP contribution in [0.25, 0.3) is 0 Å². The molecule has 1 heterocycles. The quantitative estimate of drug-likeness (QED) is 0.876. The highest BCUT2D eigenvalue weighted by Gasteiger charge is 2.34. The van der Waals surface area contributed by atoms with Gasteiger partial charge in [0.05, 0.1) is 4.47 Å². The Kier molecular flexibility index (Phi) is 4.54. The monoisotopic (exact) mass is 326 g/mol. The lowest BCUT2D eigenvalue weighted by molar-refractivity contribution is 0.0842. The summed E-state index contributed by atoms with van der Waals surface area (Å²) in [6.45, 7) is 10.8. The Morgan fingerprint density at radius 2 is 1.89 bits per heavy atom. The maximum atomic E-state index is 10.4. The zero-order valence-electron chi connectivity index (χ0n) is 11.9. The van der Waals surface area contributed by atoms with Crippen molar-refractivity contribution in [2.24, 2.45) is 5.41 Å². The SMILES string of the molecule is CC(C)(C)[C@H](c1cccc(Br)c1O)N1CCNCC1. The molecule has 0 aliphatic carbocycles. The van der Waals surface area contributed by atoms with Crippen molar-refractivity contribution in [3.05, 3.63) is 28.2 Å². The van der Waals surface area contributed by atoms with Crippen LogP contribution >= 0.6 is 15.9 Å². The number of hydrogen-bond donors (Lipinski definition) is 2. The first-order valence-corrected chi connectivity index (χ1v) is 7.62. The van der Waals surface area contributed by atoms with E-state index in [1.807, 2.05) is 18.2 Å². The van der Waals surface area contributed by atoms with Gasteiger partial charge in [-0.25, -0.2) is 0 Å². The normalized spacial score (nSPS) is 19.4. The van der Waals surface area contributed by atoms with Gasteiger partial charge in [-0.2, -0.15) is 0 Å². The second-order valence-corrected chi connectivity index (χ2v) is 7.09. The molecule has 2 N–H and O–H groups in total. The molecule has 0 amide bonds. The summed E-state index contributed by atoms with van der Waals surface area (Å²) < 4.78 is 0.773. The minimum atomic E-state index is 0.0790. The third-order valence-electron chi connectivity index (χ3n) is 3.65. The van der Waals surface area contributed by atoms with Crippen LogP contribution in [0.15, 0.2) is 22.7 Å². The van der Waals surface area contributed by atoms with E-state index in [-0.39, 0.29) is 11.5 Å². The molecule has 2 rings (SSSR count). The first kappa shape index (κ1) is 14.8. The molecule has 1 aromatic rings. The van der Waals surface area contributed by atoms with Gasteiger partial charge in [-0.3, -0.25) is 4.90 Å². The molecular formula is C15H23BrN2O. The predicted molar refractivity (Wildman–Crippen MR) is 82.4 cm³/mol. The molecule has 0 unspecified atom stereocenters. The van der Waals surface area contributed by atoms with Crippen molar-refractivity contribution in [3.63, 3.8) is 0 Å². The van der Waals surface area contributed by atoms with Crippen molar-refractivity contribution in [3.8, 4) is 5.75 Å². The van der Waals surface area contributed by atoms with Gasteiger partial charge in [0, 0.05) is 37.8 Å². The second kappa shape index (κ2) is 5.81. The van der Waals surface area contributed by atoms with E-state index in [4.69, 9.17) is 0 Å². The van der Waals surface area contributed by atoms with E-state index in [2.05, 4.69) is 46.9 Å². The van der Waals surface area contributed by atoms with Crippen LogP contribution in [0.4, 0.5) is 0 Å². The fourth-order valence-electron chi connectivity index (χ4n) is 2.90. The molecule has 3 nitrogen and oxygen atoms in total. The molecule has 0 saturated carbocycles. The molecule has 1 aliphatic rings. The summed E-state index contributed by atoms with van der Waals surface area (Å²) in [5.74, 6) is 0.376. The van der Waals surface area contributed by atoms with Crippen LogP contribution in [-0.4, -0.2) is 36.2 Å². The van der Waals surface area contributed by atoms with Crippen LogP contribution in [0.1, 0.15) is 32.4 Å². The summed E-state index contributed by atoms with van der Waals surface area (Å²) in [6, 6.07) is 6.15. The molecule has 1 aliphatic heterocycles. The number of hydrogen-bond acceptors (Lipinski definition) is 3. The fourth-order valence-corrected chi connectivity index (χ4v) is 3.29. The highest BCUT2D eigenvalue weighted by Crippen LogP contribution is 2.43. The molecule has 106 valence electrons. The van der Waals surface area contributed by atoms with Crippen LogP contribution in [0, 0.1) is 5.41 Å². The van der Waals surface area contributed by atoms with Gasteiger partial charge < -0.3 is 10.4 Å². The maximum Gasteiger partial charge on any atom is 0.134 e. The average molecular weight is 327 g/mol. The van der Waals surface area contributed by atoms with Crippen molar-refractivity contribution < 1.29 is 5.11 Å². The van der Waals surface area contributed by atoms with Crippen LogP contribution in [-0.2, 0) is 0 Å². The van der Waals surface area contributed by atoms with E-state index in [0.717, 1.165) is 36.2 Å². The van der Waals surface area contributed by atoms with Gasteiger partial charge in [0.2, 0.25) is 0 Å². The van der Waals surface area contributed by atoms with Gasteiger partial charge in [0.1, 0.15) is 5.75 Å². The molecule has 1 aromatic carbocycles. The van der Waals surface area contributed by atoms with Gasteiger partial charge in [-0.1, -0.05) is 32.9 Å². The van der Waals surface area contributed by atoms with Crippen molar-refractivity contribution in [2.75, 3.05) is 26.2 Å². The Bertz CT molecular complexity index is 436. The molecule has 19 heavy (non-hydrogen) atoms. The summed E-state index contributed by atoms with van der Waals surface area (Å²) in [6.07, 6.45) is 0. The first-order chi connectivity index (χ1) is 8.91. The lowest BCUT2D eigenvalue weighted by Gasteiger charge is -2.42. The van der Waals surface area contributed by atoms with Crippen LogP contribution in [0.2, 0.25) is 0 Å². The number of nitrogens with zero attached hydrogens (tertiary/aromatic N) is 1. The number of phenols is 1. The number of nitrogens with one attached hydrogen (secondary N) is 1. The summed E-state index contributed by atoms with van der Waals surface area (Å²) in [5, 5.41) is 13.8. The summed E-state index contributed by atoms with van der Waals surface area (Å²) in [4.78, 5) is 2.47. The fraction of sp³-hybridized carbons (Fsp3) is 0.600. The minimum Gasteiger partial charge on any atom is -0.506 e. The van der Waals surface area contributed by atoms with Crippen LogP contribution < -0.4 is 5.32 Å². The zero-order chi connectivity index (χ0) is 14.0. The lowest BCUT2D eigenvalue weighted by atomic mass is 9.80. The van der Waals surface area contributed by atoms with E-state index in [1.165, 1.54) is 0 Å². The molecule has 4 heteroatoms. The van der Waals surface area contributed by atoms with E-state index in [9.17, 15) is 5.11 Å². The summed E-state index contributed by atoms with van der Waals surface area (Å²) >= 11 is 3.42. The Morgan fingerprint density at radius 3 is 2.47 bits per heavy atom. The zero-order valence-corrected chi connectivity index (χ0v) is 13.5. The van der Waals surface area contributed by atoms with Gasteiger partial charge in [-0.15, -0.1) is 0 Å². The number of benzene rings is 1. The third-order valence-corrected chi connectivity index (χ3v) is 4.29. The van der Waals surface area contributed by atoms with Crippen molar-refractivity contribution >= 4 is 15.9 Å². The van der Waals surface area contributed by atoms with Crippen LogP contribution in [0.5, 0.6) is 5.75 Å². The van der Waals surface area contributed by atoms with E-state index in [1.54, 1.807) is 0 Å². The van der Waals surface area contributed by atoms with Crippen molar-refractivity contribution in [2.45, 2.75) is 26.8 Å². The summed E-state index contributed by atoms with van der Waals surface area (Å²) in [7, 11) is 0. The first-order valence-electron chi connectivity index (χ1n) is 6.83. The van der Waals surface area contributed by atoms with Gasteiger partial charge in [0.25, 0.3) is 0 Å². The molecule has 1 atom stereocenters. The smallest absolute Gasteiger partial charge is 0.134 e. The number of rotatable bonds is 2. The molecule has 0 spiro atoms. The second-order valence-electron chi connectivity index (χ2n) is 6.23. The molecule has 1 fully saturated rings. The number of halogens is 1. The Labute approximate surface area is 124 Å². The summed E-state index contributed by atoms with van der Waals surface area (Å²) in [5.41, 5.74) is 1.10. The standard InChI is InChI=1S/C15H23BrN2O/c1-15(2,3)14(18-9-7-17-8-10-18)11-5-4-6-12(16)13(11)19/h4-6,14,17,19H,7-10H2,1-3H3/t14-/m0/s1. The molecule has 0 radical (unpaired) electrons. The molecular weight excluding hydrogens is 304 g/mol. The minimum absolute atomic E-state index is 0.0790. The number of aromatic hydroxyl groups is 1. The highest BCUT2D eigenvalue weighted by molar-refractivity contribution is 9.10. The van der Waals surface area contributed by atoms with Gasteiger partial charge in [0.15, 0.2) is 0 Å². The Hall–Kier alpha value is -0.580. The van der Waals surface area contributed by atoms with Crippen molar-refractivity contribution in [1.29, 1.82) is 0 Å². The van der Waals surface area contributed by atoms with E-state index < -0.39 is 0 Å². The van der Waals surface area contributed by atoms with E-state index in [0.29, 0.717) is 5.75 Å². The van der Waals surface area contributed by atoms with Crippen molar-refractivity contribution in [1.82, 2.24) is 10.2 Å². The maximum absolute atomic E-state index is 10.4. The predicted octanol–water partition coefficient (Wildman–Crippen LogP) is 3.15. The number of piperazine rings is 1. The topological polar surface area (TPSA) is 35.5 Å². The van der Waals surface area contributed by atoms with E-state index >= 15 is 0 Å². The Morgan fingerprint density at radius 1 is 1.26 bits per heavy atom. The molecule has 0 bridgehead atoms. The Balaban J connectivity index is 2.40. The number of para-hydroxylation sites is 1. The van der Waals surface area contributed by atoms with Gasteiger partial charge in [-0.05, 0) is 27.4 Å². The molecule has 1 saturated heterocycles. The van der Waals surface area contributed by atoms with Crippen LogP contribution in [0.3, 0.4) is 0 Å². The number of phenolic OH excluding ortho intramolecular Hbond substituents is 1.